The van der Waals surface area contributed by atoms with Crippen molar-refractivity contribution in [3.63, 3.8) is 0 Å². The van der Waals surface area contributed by atoms with Gasteiger partial charge in [-0.05, 0) is 37.1 Å². The summed E-state index contributed by atoms with van der Waals surface area (Å²) >= 11 is 3.38. The molecule has 0 bridgehead atoms. The number of halogens is 1. The van der Waals surface area contributed by atoms with E-state index in [1.54, 1.807) is 0 Å². The fourth-order valence-corrected chi connectivity index (χ4v) is 1.88. The summed E-state index contributed by atoms with van der Waals surface area (Å²) in [5, 5.41) is 0. The van der Waals surface area contributed by atoms with Crippen LogP contribution in [0.2, 0.25) is 0 Å². The summed E-state index contributed by atoms with van der Waals surface area (Å²) in [6, 6.07) is 8.35. The smallest absolute Gasteiger partial charge is 0.191 e. The molecule has 0 heterocycles. The van der Waals surface area contributed by atoms with Gasteiger partial charge in [-0.3, -0.25) is 0 Å². The molecule has 5 heteroatoms. The van der Waals surface area contributed by atoms with E-state index in [4.69, 9.17) is 10.5 Å². The van der Waals surface area contributed by atoms with Crippen LogP contribution in [0.5, 0.6) is 5.75 Å². The normalized spacial score (nSPS) is 15.6. The molecule has 0 amide bonds. The third-order valence-corrected chi connectivity index (χ3v) is 3.43. The molecule has 1 aliphatic rings. The van der Waals surface area contributed by atoms with Crippen LogP contribution in [0.25, 0.3) is 0 Å². The van der Waals surface area contributed by atoms with Crippen molar-refractivity contribution in [2.24, 2.45) is 10.7 Å². The van der Waals surface area contributed by atoms with Gasteiger partial charge in [0.25, 0.3) is 0 Å². The van der Waals surface area contributed by atoms with E-state index in [-0.39, 0.29) is 0 Å². The highest BCUT2D eigenvalue weighted by molar-refractivity contribution is 9.10. The molecule has 2 N–H and O–H groups in total. The SMILES string of the molecule is CN(C(N)=NCCOc1ccc(Br)cc1)C1CC1. The highest BCUT2D eigenvalue weighted by Crippen LogP contribution is 2.24. The maximum Gasteiger partial charge on any atom is 0.191 e. The summed E-state index contributed by atoms with van der Waals surface area (Å²) in [5.74, 6) is 1.46. The zero-order valence-corrected chi connectivity index (χ0v) is 12.1. The first-order valence-electron chi connectivity index (χ1n) is 6.08. The molecule has 4 nitrogen and oxygen atoms in total. The molecule has 0 unspecified atom stereocenters. The zero-order valence-electron chi connectivity index (χ0n) is 10.5. The van der Waals surface area contributed by atoms with Crippen LogP contribution in [-0.4, -0.2) is 37.1 Å². The molecule has 1 aliphatic carbocycles. The van der Waals surface area contributed by atoms with Gasteiger partial charge in [-0.1, -0.05) is 15.9 Å². The lowest BCUT2D eigenvalue weighted by Gasteiger charge is -2.16. The molecule has 0 atom stereocenters. The van der Waals surface area contributed by atoms with Crippen LogP contribution in [0.1, 0.15) is 12.8 Å². The third kappa shape index (κ3) is 3.91. The monoisotopic (exact) mass is 311 g/mol. The molecular formula is C13H18BrN3O. The molecule has 0 aliphatic heterocycles. The van der Waals surface area contributed by atoms with E-state index in [1.165, 1.54) is 12.8 Å². The van der Waals surface area contributed by atoms with Crippen molar-refractivity contribution in [2.45, 2.75) is 18.9 Å². The minimum Gasteiger partial charge on any atom is -0.492 e. The Hall–Kier alpha value is -1.23. The molecule has 1 aromatic carbocycles. The van der Waals surface area contributed by atoms with E-state index in [0.29, 0.717) is 25.2 Å². The second-order valence-corrected chi connectivity index (χ2v) is 5.30. The predicted octanol–water partition coefficient (Wildman–Crippen LogP) is 2.24. The van der Waals surface area contributed by atoms with Crippen molar-refractivity contribution in [1.29, 1.82) is 0 Å². The van der Waals surface area contributed by atoms with Gasteiger partial charge in [-0.25, -0.2) is 4.99 Å². The minimum atomic E-state index is 0.542. The van der Waals surface area contributed by atoms with Crippen LogP contribution in [0.3, 0.4) is 0 Å². The maximum atomic E-state index is 5.87. The molecule has 18 heavy (non-hydrogen) atoms. The van der Waals surface area contributed by atoms with Crippen LogP contribution in [0.4, 0.5) is 0 Å². The lowest BCUT2D eigenvalue weighted by Crippen LogP contribution is -2.36. The average molecular weight is 312 g/mol. The Morgan fingerprint density at radius 2 is 2.11 bits per heavy atom. The van der Waals surface area contributed by atoms with Crippen molar-refractivity contribution in [3.8, 4) is 5.75 Å². The lowest BCUT2D eigenvalue weighted by molar-refractivity contribution is 0.327. The number of hydrogen-bond donors (Lipinski definition) is 1. The third-order valence-electron chi connectivity index (χ3n) is 2.90. The van der Waals surface area contributed by atoms with Crippen molar-refractivity contribution in [2.75, 3.05) is 20.2 Å². The van der Waals surface area contributed by atoms with Crippen molar-refractivity contribution in [3.05, 3.63) is 28.7 Å². The second-order valence-electron chi connectivity index (χ2n) is 4.38. The molecule has 98 valence electrons. The summed E-state index contributed by atoms with van der Waals surface area (Å²) in [6.45, 7) is 1.12. The van der Waals surface area contributed by atoms with Gasteiger partial charge < -0.3 is 15.4 Å². The van der Waals surface area contributed by atoms with Gasteiger partial charge in [0.1, 0.15) is 12.4 Å². The number of rotatable bonds is 5. The Bertz CT molecular complexity index is 415. The van der Waals surface area contributed by atoms with E-state index in [0.717, 1.165) is 10.2 Å². The minimum absolute atomic E-state index is 0.542. The maximum absolute atomic E-state index is 5.87. The number of nitrogens with zero attached hydrogens (tertiary/aromatic N) is 2. The van der Waals surface area contributed by atoms with E-state index >= 15 is 0 Å². The number of guanidine groups is 1. The molecule has 0 radical (unpaired) electrons. The van der Waals surface area contributed by atoms with Crippen LogP contribution >= 0.6 is 15.9 Å². The highest BCUT2D eigenvalue weighted by Gasteiger charge is 2.27. The number of nitrogens with two attached hydrogens (primary N) is 1. The lowest BCUT2D eigenvalue weighted by atomic mass is 10.3. The summed E-state index contributed by atoms with van der Waals surface area (Å²) in [6.07, 6.45) is 2.45. The second kappa shape index (κ2) is 6.09. The first-order valence-corrected chi connectivity index (χ1v) is 6.87. The van der Waals surface area contributed by atoms with Crippen LogP contribution < -0.4 is 10.5 Å². The number of benzene rings is 1. The largest absolute Gasteiger partial charge is 0.492 e. The van der Waals surface area contributed by atoms with Gasteiger partial charge in [-0.2, -0.15) is 0 Å². The molecule has 1 fully saturated rings. The predicted molar refractivity (Wildman–Crippen MR) is 76.9 cm³/mol. The van der Waals surface area contributed by atoms with Crippen molar-refractivity contribution < 1.29 is 4.74 Å². The van der Waals surface area contributed by atoms with Gasteiger partial charge in [0.05, 0.1) is 6.54 Å². The fraction of sp³-hybridized carbons (Fsp3) is 0.462. The first kappa shape index (κ1) is 13.2. The van der Waals surface area contributed by atoms with E-state index in [1.807, 2.05) is 36.2 Å². The van der Waals surface area contributed by atoms with E-state index in [2.05, 4.69) is 20.9 Å². The summed E-state index contributed by atoms with van der Waals surface area (Å²) in [5.41, 5.74) is 5.87. The van der Waals surface area contributed by atoms with Crippen LogP contribution in [0.15, 0.2) is 33.7 Å². The molecule has 2 rings (SSSR count). The van der Waals surface area contributed by atoms with E-state index < -0.39 is 0 Å². The van der Waals surface area contributed by atoms with Gasteiger partial charge >= 0.3 is 0 Å². The summed E-state index contributed by atoms with van der Waals surface area (Å²) in [4.78, 5) is 6.35. The molecule has 0 aromatic heterocycles. The Labute approximate surface area is 116 Å². The number of aliphatic imine (C=N–C) groups is 1. The molecule has 0 spiro atoms. The van der Waals surface area contributed by atoms with Gasteiger partial charge in [0.2, 0.25) is 0 Å². The van der Waals surface area contributed by atoms with Crippen molar-refractivity contribution >= 4 is 21.9 Å². The Morgan fingerprint density at radius 3 is 2.72 bits per heavy atom. The Morgan fingerprint density at radius 1 is 1.44 bits per heavy atom. The van der Waals surface area contributed by atoms with Crippen LogP contribution in [0, 0.1) is 0 Å². The van der Waals surface area contributed by atoms with Gasteiger partial charge in [-0.15, -0.1) is 0 Å². The first-order chi connectivity index (χ1) is 8.66. The van der Waals surface area contributed by atoms with Gasteiger partial charge in [0.15, 0.2) is 5.96 Å². The summed E-state index contributed by atoms with van der Waals surface area (Å²) < 4.78 is 6.61. The average Bonchev–Trinajstić information content (AvgIpc) is 3.20. The van der Waals surface area contributed by atoms with E-state index in [9.17, 15) is 0 Å². The number of hydrogen-bond acceptors (Lipinski definition) is 2. The molecule has 1 saturated carbocycles. The quantitative estimate of drug-likeness (QED) is 0.515. The van der Waals surface area contributed by atoms with Crippen LogP contribution in [-0.2, 0) is 0 Å². The Kier molecular flexibility index (Phi) is 4.47. The Balaban J connectivity index is 1.71. The van der Waals surface area contributed by atoms with Gasteiger partial charge in [0, 0.05) is 17.6 Å². The highest BCUT2D eigenvalue weighted by atomic mass is 79.9. The topological polar surface area (TPSA) is 50.8 Å². The number of ether oxygens (including phenoxy) is 1. The fourth-order valence-electron chi connectivity index (χ4n) is 1.61. The molecule has 0 saturated heterocycles. The molecule has 1 aromatic rings. The summed E-state index contributed by atoms with van der Waals surface area (Å²) in [7, 11) is 1.99. The van der Waals surface area contributed by atoms with Crippen molar-refractivity contribution in [1.82, 2.24) is 4.90 Å². The molecular weight excluding hydrogens is 294 g/mol. The zero-order chi connectivity index (χ0) is 13.0. The standard InChI is InChI=1S/C13H18BrN3O/c1-17(11-4-5-11)13(15)16-8-9-18-12-6-2-10(14)3-7-12/h2-3,6-7,11H,4-5,8-9H2,1H3,(H2,15,16).